The van der Waals surface area contributed by atoms with Crippen molar-refractivity contribution < 1.29 is 13.9 Å². The van der Waals surface area contributed by atoms with Crippen molar-refractivity contribution in [1.82, 2.24) is 0 Å². The fourth-order valence-corrected chi connectivity index (χ4v) is 2.96. The van der Waals surface area contributed by atoms with Crippen LogP contribution in [0.1, 0.15) is 62.2 Å². The van der Waals surface area contributed by atoms with Crippen molar-refractivity contribution in [3.8, 4) is 0 Å². The topological polar surface area (TPSA) is 20.2 Å². The fraction of sp³-hybridized carbons (Fsp3) is 0.625. The predicted octanol–water partition coefficient (Wildman–Crippen LogP) is 4.67. The van der Waals surface area contributed by atoms with Crippen LogP contribution in [0, 0.1) is 24.5 Å². The van der Waals surface area contributed by atoms with Crippen LogP contribution in [0.5, 0.6) is 0 Å². The van der Waals surface area contributed by atoms with Gasteiger partial charge in [-0.2, -0.15) is 0 Å². The van der Waals surface area contributed by atoms with E-state index < -0.39 is 17.7 Å². The number of rotatable bonds is 3. The lowest BCUT2D eigenvalue weighted by molar-refractivity contribution is 0.134. The third kappa shape index (κ3) is 3.75. The Morgan fingerprint density at radius 3 is 2.37 bits per heavy atom. The maximum Gasteiger partial charge on any atom is 0.129 e. The van der Waals surface area contributed by atoms with Crippen LogP contribution in [0.2, 0.25) is 0 Å². The first kappa shape index (κ1) is 14.4. The van der Waals surface area contributed by atoms with E-state index in [0.29, 0.717) is 12.3 Å². The van der Waals surface area contributed by atoms with Gasteiger partial charge in [0.15, 0.2) is 0 Å². The zero-order valence-corrected chi connectivity index (χ0v) is 11.5. The molecule has 1 aliphatic carbocycles. The third-order valence-corrected chi connectivity index (χ3v) is 4.17. The summed E-state index contributed by atoms with van der Waals surface area (Å²) >= 11 is 0. The van der Waals surface area contributed by atoms with Gasteiger partial charge in [0.2, 0.25) is 0 Å². The molecule has 1 unspecified atom stereocenters. The molecule has 0 radical (unpaired) electrons. The molecule has 0 aliphatic heterocycles. The van der Waals surface area contributed by atoms with Gasteiger partial charge in [-0.25, -0.2) is 8.78 Å². The molecule has 0 saturated heterocycles. The first-order chi connectivity index (χ1) is 9.08. The molecule has 0 heterocycles. The lowest BCUT2D eigenvalue weighted by Crippen LogP contribution is -2.09. The molecule has 0 aromatic heterocycles. The van der Waals surface area contributed by atoms with Crippen molar-refractivity contribution in [2.24, 2.45) is 5.92 Å². The normalized spacial score (nSPS) is 19.2. The maximum absolute atomic E-state index is 13.8. The van der Waals surface area contributed by atoms with Crippen LogP contribution in [0.25, 0.3) is 0 Å². The molecule has 1 aromatic rings. The lowest BCUT2D eigenvalue weighted by atomic mass is 9.90. The van der Waals surface area contributed by atoms with E-state index in [1.54, 1.807) is 0 Å². The van der Waals surface area contributed by atoms with Gasteiger partial charge in [-0.15, -0.1) is 0 Å². The Bertz CT molecular complexity index is 423. The van der Waals surface area contributed by atoms with Crippen molar-refractivity contribution in [2.75, 3.05) is 0 Å². The summed E-state index contributed by atoms with van der Waals surface area (Å²) in [6, 6.07) is 2.31. The molecule has 1 saturated carbocycles. The summed E-state index contributed by atoms with van der Waals surface area (Å²) in [4.78, 5) is 0. The second kappa shape index (κ2) is 6.47. The summed E-state index contributed by atoms with van der Waals surface area (Å²) in [6.07, 6.45) is 6.70. The van der Waals surface area contributed by atoms with E-state index >= 15 is 0 Å². The first-order valence-corrected chi connectivity index (χ1v) is 7.21. The van der Waals surface area contributed by atoms with Crippen molar-refractivity contribution in [1.29, 1.82) is 0 Å². The highest BCUT2D eigenvalue weighted by molar-refractivity contribution is 5.26. The SMILES string of the molecule is Cc1cc(F)c(C(O)CC2CCCCCC2)cc1F. The summed E-state index contributed by atoms with van der Waals surface area (Å²) in [7, 11) is 0. The van der Waals surface area contributed by atoms with Gasteiger partial charge in [-0.05, 0) is 37.0 Å². The Labute approximate surface area is 113 Å². The summed E-state index contributed by atoms with van der Waals surface area (Å²) in [5.41, 5.74) is 0.385. The van der Waals surface area contributed by atoms with Gasteiger partial charge in [0.1, 0.15) is 11.6 Å². The van der Waals surface area contributed by atoms with Gasteiger partial charge in [0, 0.05) is 5.56 Å². The number of aliphatic hydroxyl groups excluding tert-OH is 1. The minimum atomic E-state index is -0.891. The average Bonchev–Trinajstić information content (AvgIpc) is 2.62. The zero-order valence-electron chi connectivity index (χ0n) is 11.5. The monoisotopic (exact) mass is 268 g/mol. The summed E-state index contributed by atoms with van der Waals surface area (Å²) in [5, 5.41) is 10.2. The molecule has 3 heteroatoms. The van der Waals surface area contributed by atoms with E-state index in [2.05, 4.69) is 0 Å². The van der Waals surface area contributed by atoms with E-state index in [0.717, 1.165) is 18.9 Å². The van der Waals surface area contributed by atoms with Gasteiger partial charge in [0.25, 0.3) is 0 Å². The first-order valence-electron chi connectivity index (χ1n) is 7.21. The molecule has 0 amide bonds. The standard InChI is InChI=1S/C16H22F2O/c1-11-8-15(18)13(10-14(11)17)16(19)9-12-6-4-2-3-5-7-12/h8,10,12,16,19H,2-7,9H2,1H3. The van der Waals surface area contributed by atoms with Crippen molar-refractivity contribution in [3.63, 3.8) is 0 Å². The number of hydrogen-bond acceptors (Lipinski definition) is 1. The van der Waals surface area contributed by atoms with Crippen LogP contribution in [-0.4, -0.2) is 5.11 Å². The minimum Gasteiger partial charge on any atom is -0.388 e. The maximum atomic E-state index is 13.8. The van der Waals surface area contributed by atoms with E-state index in [4.69, 9.17) is 0 Å². The van der Waals surface area contributed by atoms with Gasteiger partial charge in [0.05, 0.1) is 6.10 Å². The third-order valence-electron chi connectivity index (χ3n) is 4.17. The van der Waals surface area contributed by atoms with Gasteiger partial charge in [-0.1, -0.05) is 38.5 Å². The number of benzene rings is 1. The second-order valence-electron chi connectivity index (χ2n) is 5.73. The molecule has 0 spiro atoms. The average molecular weight is 268 g/mol. The Kier molecular flexibility index (Phi) is 4.92. The van der Waals surface area contributed by atoms with Crippen LogP contribution in [0.15, 0.2) is 12.1 Å². The number of halogens is 2. The fourth-order valence-electron chi connectivity index (χ4n) is 2.96. The number of aryl methyl sites for hydroxylation is 1. The van der Waals surface area contributed by atoms with Crippen LogP contribution in [-0.2, 0) is 0 Å². The molecule has 106 valence electrons. The molecule has 1 atom stereocenters. The van der Waals surface area contributed by atoms with E-state index in [1.807, 2.05) is 0 Å². The molecule has 1 fully saturated rings. The highest BCUT2D eigenvalue weighted by Crippen LogP contribution is 2.32. The molecular weight excluding hydrogens is 246 g/mol. The van der Waals surface area contributed by atoms with Gasteiger partial charge < -0.3 is 5.11 Å². The summed E-state index contributed by atoms with van der Waals surface area (Å²) in [5.74, 6) is -0.516. The molecule has 19 heavy (non-hydrogen) atoms. The second-order valence-corrected chi connectivity index (χ2v) is 5.73. The molecule has 1 aromatic carbocycles. The zero-order chi connectivity index (χ0) is 13.8. The molecule has 1 nitrogen and oxygen atoms in total. The minimum absolute atomic E-state index is 0.104. The predicted molar refractivity (Wildman–Crippen MR) is 71.9 cm³/mol. The molecule has 0 bridgehead atoms. The highest BCUT2D eigenvalue weighted by atomic mass is 19.1. The van der Waals surface area contributed by atoms with Crippen LogP contribution in [0.3, 0.4) is 0 Å². The van der Waals surface area contributed by atoms with E-state index in [1.165, 1.54) is 38.7 Å². The quantitative estimate of drug-likeness (QED) is 0.790. The van der Waals surface area contributed by atoms with Crippen molar-refractivity contribution in [2.45, 2.75) is 58.0 Å². The van der Waals surface area contributed by atoms with Gasteiger partial charge in [-0.3, -0.25) is 0 Å². The van der Waals surface area contributed by atoms with Crippen LogP contribution in [0.4, 0.5) is 8.78 Å². The Morgan fingerprint density at radius 1 is 1.11 bits per heavy atom. The van der Waals surface area contributed by atoms with Crippen LogP contribution >= 0.6 is 0 Å². The summed E-state index contributed by atoms with van der Waals surface area (Å²) in [6.45, 7) is 1.53. The highest BCUT2D eigenvalue weighted by Gasteiger charge is 2.21. The van der Waals surface area contributed by atoms with E-state index in [9.17, 15) is 13.9 Å². The molecule has 2 rings (SSSR count). The van der Waals surface area contributed by atoms with Crippen molar-refractivity contribution in [3.05, 3.63) is 34.9 Å². The molecular formula is C16H22F2O. The Morgan fingerprint density at radius 2 is 1.74 bits per heavy atom. The molecule has 1 N–H and O–H groups in total. The smallest absolute Gasteiger partial charge is 0.129 e. The Balaban J connectivity index is 2.06. The van der Waals surface area contributed by atoms with Gasteiger partial charge >= 0.3 is 0 Å². The number of aliphatic hydroxyl groups is 1. The number of hydrogen-bond donors (Lipinski definition) is 1. The van der Waals surface area contributed by atoms with Crippen LogP contribution < -0.4 is 0 Å². The molecule has 1 aliphatic rings. The lowest BCUT2D eigenvalue weighted by Gasteiger charge is -2.19. The Hall–Kier alpha value is -0.960. The van der Waals surface area contributed by atoms with Crippen molar-refractivity contribution >= 4 is 0 Å². The summed E-state index contributed by atoms with van der Waals surface area (Å²) < 4.78 is 27.3. The van der Waals surface area contributed by atoms with E-state index in [-0.39, 0.29) is 11.1 Å². The largest absolute Gasteiger partial charge is 0.388 e.